The molecule has 1 rings (SSSR count). The summed E-state index contributed by atoms with van der Waals surface area (Å²) >= 11 is 2.95. The van der Waals surface area contributed by atoms with Crippen molar-refractivity contribution in [2.75, 3.05) is 13.2 Å². The highest BCUT2D eigenvalue weighted by molar-refractivity contribution is 9.10. The predicted molar refractivity (Wildman–Crippen MR) is 59.1 cm³/mol. The van der Waals surface area contributed by atoms with E-state index in [0.29, 0.717) is 0 Å². The van der Waals surface area contributed by atoms with Crippen LogP contribution in [-0.4, -0.2) is 33.7 Å². The Bertz CT molecular complexity index is 493. The van der Waals surface area contributed by atoms with Crippen molar-refractivity contribution in [3.05, 3.63) is 31.5 Å². The lowest BCUT2D eigenvalue weighted by Crippen LogP contribution is -2.36. The highest BCUT2D eigenvalue weighted by Crippen LogP contribution is 1.97. The van der Waals surface area contributed by atoms with Crippen molar-refractivity contribution < 1.29 is 9.90 Å². The van der Waals surface area contributed by atoms with Crippen LogP contribution in [0.5, 0.6) is 0 Å². The number of aliphatic hydroxyl groups excluding tert-OH is 1. The van der Waals surface area contributed by atoms with E-state index >= 15 is 0 Å². The molecule has 3 N–H and O–H groups in total. The number of aromatic nitrogens is 2. The third-order valence-electron chi connectivity index (χ3n) is 1.72. The molecule has 0 saturated heterocycles. The fourth-order valence-electron chi connectivity index (χ4n) is 1.01. The second kappa shape index (κ2) is 5.61. The number of carbonyl (C=O) groups excluding carboxylic acids is 1. The molecule has 16 heavy (non-hydrogen) atoms. The van der Waals surface area contributed by atoms with Crippen molar-refractivity contribution >= 4 is 21.8 Å². The van der Waals surface area contributed by atoms with Crippen LogP contribution in [0, 0.1) is 0 Å². The number of hydrogen-bond acceptors (Lipinski definition) is 4. The summed E-state index contributed by atoms with van der Waals surface area (Å²) in [5.74, 6) is -0.421. The van der Waals surface area contributed by atoms with Crippen LogP contribution in [0.15, 0.2) is 20.3 Å². The molecular weight excluding hydrogens is 282 g/mol. The number of halogens is 1. The minimum Gasteiger partial charge on any atom is -0.395 e. The molecule has 88 valence electrons. The molecule has 0 aliphatic rings. The first-order valence-electron chi connectivity index (χ1n) is 4.41. The molecular formula is C8H10BrN3O4. The van der Waals surface area contributed by atoms with Crippen LogP contribution in [0.4, 0.5) is 0 Å². The first-order chi connectivity index (χ1) is 7.54. The van der Waals surface area contributed by atoms with E-state index in [1.807, 2.05) is 4.98 Å². The second-order valence-electron chi connectivity index (χ2n) is 2.94. The lowest BCUT2D eigenvalue weighted by atomic mass is 10.5. The van der Waals surface area contributed by atoms with E-state index in [2.05, 4.69) is 21.2 Å². The van der Waals surface area contributed by atoms with Gasteiger partial charge in [-0.1, -0.05) is 0 Å². The van der Waals surface area contributed by atoms with E-state index in [4.69, 9.17) is 5.11 Å². The molecule has 0 radical (unpaired) electrons. The predicted octanol–water partition coefficient (Wildman–Crippen LogP) is -1.59. The van der Waals surface area contributed by atoms with Gasteiger partial charge in [-0.25, -0.2) is 4.79 Å². The monoisotopic (exact) mass is 291 g/mol. The molecule has 8 heteroatoms. The Balaban J connectivity index is 2.82. The number of aromatic amines is 1. The Morgan fingerprint density at radius 1 is 1.56 bits per heavy atom. The molecule has 0 spiro atoms. The molecule has 0 bridgehead atoms. The Hall–Kier alpha value is -1.41. The zero-order chi connectivity index (χ0) is 12.1. The van der Waals surface area contributed by atoms with E-state index < -0.39 is 17.2 Å². The lowest BCUT2D eigenvalue weighted by molar-refractivity contribution is -0.121. The first-order valence-corrected chi connectivity index (χ1v) is 5.20. The van der Waals surface area contributed by atoms with Gasteiger partial charge in [-0.2, -0.15) is 0 Å². The number of amides is 1. The van der Waals surface area contributed by atoms with E-state index in [-0.39, 0.29) is 24.2 Å². The van der Waals surface area contributed by atoms with E-state index in [1.165, 1.54) is 6.20 Å². The van der Waals surface area contributed by atoms with E-state index in [0.717, 1.165) is 4.57 Å². The van der Waals surface area contributed by atoms with Gasteiger partial charge in [0.05, 0.1) is 11.1 Å². The van der Waals surface area contributed by atoms with Crippen LogP contribution in [0.2, 0.25) is 0 Å². The average Bonchev–Trinajstić information content (AvgIpc) is 2.23. The molecule has 1 amide bonds. The summed E-state index contributed by atoms with van der Waals surface area (Å²) in [4.78, 5) is 35.5. The molecule has 0 atom stereocenters. The fraction of sp³-hybridized carbons (Fsp3) is 0.375. The van der Waals surface area contributed by atoms with Crippen molar-refractivity contribution in [1.29, 1.82) is 0 Å². The molecule has 0 unspecified atom stereocenters. The number of aliphatic hydroxyl groups is 1. The third kappa shape index (κ3) is 3.31. The molecule has 0 saturated carbocycles. The molecule has 0 fully saturated rings. The molecule has 1 heterocycles. The highest BCUT2D eigenvalue weighted by atomic mass is 79.9. The lowest BCUT2D eigenvalue weighted by Gasteiger charge is -2.05. The van der Waals surface area contributed by atoms with Crippen molar-refractivity contribution in [3.63, 3.8) is 0 Å². The Labute approximate surface area is 98.2 Å². The summed E-state index contributed by atoms with van der Waals surface area (Å²) in [5.41, 5.74) is -1.20. The molecule has 0 aliphatic heterocycles. The zero-order valence-corrected chi connectivity index (χ0v) is 9.78. The largest absolute Gasteiger partial charge is 0.395 e. The van der Waals surface area contributed by atoms with E-state index in [1.54, 1.807) is 0 Å². The molecule has 0 aromatic carbocycles. The summed E-state index contributed by atoms with van der Waals surface area (Å²) in [6.45, 7) is -0.262. The number of hydrogen-bond donors (Lipinski definition) is 3. The van der Waals surface area contributed by atoms with E-state index in [9.17, 15) is 14.4 Å². The number of nitrogens with zero attached hydrogens (tertiary/aromatic N) is 1. The van der Waals surface area contributed by atoms with Crippen LogP contribution in [0.25, 0.3) is 0 Å². The van der Waals surface area contributed by atoms with Gasteiger partial charge in [0.1, 0.15) is 6.54 Å². The molecule has 0 aliphatic carbocycles. The maximum Gasteiger partial charge on any atom is 0.328 e. The van der Waals surface area contributed by atoms with Gasteiger partial charge in [-0.05, 0) is 15.9 Å². The molecule has 7 nitrogen and oxygen atoms in total. The second-order valence-corrected chi connectivity index (χ2v) is 3.79. The van der Waals surface area contributed by atoms with Gasteiger partial charge in [-0.3, -0.25) is 19.1 Å². The van der Waals surface area contributed by atoms with Gasteiger partial charge >= 0.3 is 5.69 Å². The quantitative estimate of drug-likeness (QED) is 0.622. The van der Waals surface area contributed by atoms with Crippen molar-refractivity contribution in [1.82, 2.24) is 14.9 Å². The van der Waals surface area contributed by atoms with Crippen LogP contribution >= 0.6 is 15.9 Å². The summed E-state index contributed by atoms with van der Waals surface area (Å²) in [7, 11) is 0. The summed E-state index contributed by atoms with van der Waals surface area (Å²) < 4.78 is 1.22. The maximum absolute atomic E-state index is 11.3. The summed E-state index contributed by atoms with van der Waals surface area (Å²) in [6, 6.07) is 0. The third-order valence-corrected chi connectivity index (χ3v) is 2.28. The smallest absolute Gasteiger partial charge is 0.328 e. The van der Waals surface area contributed by atoms with Gasteiger partial charge in [0.2, 0.25) is 5.91 Å². The standard InChI is InChI=1S/C8H10BrN3O4/c9-5-3-12(8(16)11-7(5)15)4-6(14)10-1-2-13/h3,13H,1-2,4H2,(H,10,14)(H,11,15,16). The number of carbonyl (C=O) groups is 1. The minimum atomic E-state index is -0.660. The van der Waals surface area contributed by atoms with Gasteiger partial charge in [0.15, 0.2) is 0 Å². The first kappa shape index (κ1) is 12.7. The number of rotatable bonds is 4. The van der Waals surface area contributed by atoms with Crippen LogP contribution in [0.3, 0.4) is 0 Å². The van der Waals surface area contributed by atoms with Gasteiger partial charge in [-0.15, -0.1) is 0 Å². The van der Waals surface area contributed by atoms with Crippen molar-refractivity contribution in [2.24, 2.45) is 0 Å². The number of H-pyrrole nitrogens is 1. The van der Waals surface area contributed by atoms with Crippen molar-refractivity contribution in [2.45, 2.75) is 6.54 Å². The number of nitrogens with one attached hydrogen (secondary N) is 2. The topological polar surface area (TPSA) is 104 Å². The average molecular weight is 292 g/mol. The molecule has 1 aromatic heterocycles. The molecule has 1 aromatic rings. The summed E-state index contributed by atoms with van der Waals surface area (Å²) in [5, 5.41) is 10.9. The Morgan fingerprint density at radius 2 is 2.25 bits per heavy atom. The summed E-state index contributed by atoms with van der Waals surface area (Å²) in [6.07, 6.45) is 1.24. The van der Waals surface area contributed by atoms with Crippen LogP contribution in [-0.2, 0) is 11.3 Å². The highest BCUT2D eigenvalue weighted by Gasteiger charge is 2.06. The van der Waals surface area contributed by atoms with Gasteiger partial charge in [0.25, 0.3) is 5.56 Å². The minimum absolute atomic E-state index is 0.123. The Kier molecular flexibility index (Phi) is 4.44. The van der Waals surface area contributed by atoms with Gasteiger partial charge in [0, 0.05) is 12.7 Å². The fourth-order valence-corrected chi connectivity index (χ4v) is 1.35. The SMILES string of the molecule is O=C(Cn1cc(Br)c(=O)[nH]c1=O)NCCO. The van der Waals surface area contributed by atoms with Crippen LogP contribution < -0.4 is 16.6 Å². The Morgan fingerprint density at radius 3 is 2.88 bits per heavy atom. The van der Waals surface area contributed by atoms with Crippen LogP contribution in [0.1, 0.15) is 0 Å². The van der Waals surface area contributed by atoms with Crippen molar-refractivity contribution in [3.8, 4) is 0 Å². The zero-order valence-electron chi connectivity index (χ0n) is 8.20. The van der Waals surface area contributed by atoms with Gasteiger partial charge < -0.3 is 10.4 Å². The normalized spacial score (nSPS) is 10.1. The maximum atomic E-state index is 11.3.